The Hall–Kier alpha value is -1.77. The fraction of sp³-hybridized carbons (Fsp3) is 0.250. The van der Waals surface area contributed by atoms with E-state index >= 15 is 0 Å². The van der Waals surface area contributed by atoms with Crippen molar-refractivity contribution in [3.63, 3.8) is 0 Å². The van der Waals surface area contributed by atoms with Crippen molar-refractivity contribution in [1.82, 2.24) is 5.16 Å². The van der Waals surface area contributed by atoms with Crippen LogP contribution < -0.4 is 0 Å². The van der Waals surface area contributed by atoms with Gasteiger partial charge < -0.3 is 9.63 Å². The van der Waals surface area contributed by atoms with E-state index in [1.807, 2.05) is 32.0 Å². The van der Waals surface area contributed by atoms with Crippen molar-refractivity contribution in [2.24, 2.45) is 0 Å². The number of rotatable bonds is 2. The summed E-state index contributed by atoms with van der Waals surface area (Å²) in [4.78, 5) is 0. The minimum Gasteiger partial charge on any atom is -0.508 e. The number of phenolic OH excluding ortho intramolecular Hbond substituents is 1. The van der Waals surface area contributed by atoms with E-state index in [0.29, 0.717) is 0 Å². The highest BCUT2D eigenvalue weighted by Crippen LogP contribution is 2.36. The maximum absolute atomic E-state index is 9.78. The average molecular weight is 203 g/mol. The highest BCUT2D eigenvalue weighted by Gasteiger charge is 2.29. The molecular formula is C12H13NO2. The van der Waals surface area contributed by atoms with E-state index in [-0.39, 0.29) is 11.2 Å². The van der Waals surface area contributed by atoms with Gasteiger partial charge in [0.1, 0.15) is 11.5 Å². The van der Waals surface area contributed by atoms with Crippen molar-refractivity contribution < 1.29 is 9.63 Å². The van der Waals surface area contributed by atoms with Crippen LogP contribution in [0.4, 0.5) is 0 Å². The third-order valence-electron chi connectivity index (χ3n) is 2.63. The van der Waals surface area contributed by atoms with Crippen molar-refractivity contribution in [1.29, 1.82) is 0 Å². The van der Waals surface area contributed by atoms with Crippen LogP contribution in [0.2, 0.25) is 0 Å². The van der Waals surface area contributed by atoms with Crippen LogP contribution in [0.5, 0.6) is 5.75 Å². The third-order valence-corrected chi connectivity index (χ3v) is 2.63. The fourth-order valence-electron chi connectivity index (χ4n) is 1.67. The van der Waals surface area contributed by atoms with Crippen LogP contribution in [0.3, 0.4) is 0 Å². The molecule has 0 radical (unpaired) electrons. The smallest absolute Gasteiger partial charge is 0.146 e. The number of benzene rings is 1. The van der Waals surface area contributed by atoms with E-state index in [1.54, 1.807) is 18.3 Å². The summed E-state index contributed by atoms with van der Waals surface area (Å²) in [6.45, 7) is 3.98. The number of phenols is 1. The van der Waals surface area contributed by atoms with Crippen LogP contribution in [0.15, 0.2) is 41.1 Å². The van der Waals surface area contributed by atoms with Gasteiger partial charge in [-0.1, -0.05) is 23.4 Å². The van der Waals surface area contributed by atoms with Gasteiger partial charge in [0.05, 0.1) is 11.6 Å². The summed E-state index contributed by atoms with van der Waals surface area (Å²) >= 11 is 0. The molecule has 1 aromatic heterocycles. The predicted octanol–water partition coefficient (Wildman–Crippen LogP) is 2.71. The maximum Gasteiger partial charge on any atom is 0.146 e. The van der Waals surface area contributed by atoms with Gasteiger partial charge in [-0.15, -0.1) is 0 Å². The van der Waals surface area contributed by atoms with Gasteiger partial charge in [0.15, 0.2) is 0 Å². The second-order valence-corrected chi connectivity index (χ2v) is 4.02. The first-order chi connectivity index (χ1) is 7.12. The largest absolute Gasteiger partial charge is 0.508 e. The Morgan fingerprint density at radius 3 is 2.53 bits per heavy atom. The van der Waals surface area contributed by atoms with E-state index in [2.05, 4.69) is 5.16 Å². The van der Waals surface area contributed by atoms with E-state index in [4.69, 9.17) is 4.52 Å². The Bertz CT molecular complexity index is 446. The molecule has 0 amide bonds. The standard InChI is InChI=1S/C12H13NO2/c1-12(2,11-7-8-13-15-11)9-5-3-4-6-10(9)14/h3-8,14H,1-2H3. The molecule has 0 aliphatic carbocycles. The van der Waals surface area contributed by atoms with Gasteiger partial charge in [0.2, 0.25) is 0 Å². The van der Waals surface area contributed by atoms with Gasteiger partial charge in [-0.3, -0.25) is 0 Å². The van der Waals surface area contributed by atoms with Gasteiger partial charge in [0, 0.05) is 11.6 Å². The van der Waals surface area contributed by atoms with Crippen LogP contribution >= 0.6 is 0 Å². The number of aromatic nitrogens is 1. The highest BCUT2D eigenvalue weighted by molar-refractivity contribution is 5.42. The molecule has 0 aliphatic rings. The molecule has 15 heavy (non-hydrogen) atoms. The third kappa shape index (κ3) is 1.61. The van der Waals surface area contributed by atoms with Gasteiger partial charge in [-0.05, 0) is 19.9 Å². The summed E-state index contributed by atoms with van der Waals surface area (Å²) in [5.74, 6) is 1.02. The Morgan fingerprint density at radius 1 is 1.20 bits per heavy atom. The molecule has 1 N–H and O–H groups in total. The number of nitrogens with zero attached hydrogens (tertiary/aromatic N) is 1. The lowest BCUT2D eigenvalue weighted by Gasteiger charge is -2.22. The lowest BCUT2D eigenvalue weighted by atomic mass is 9.82. The monoisotopic (exact) mass is 203 g/mol. The van der Waals surface area contributed by atoms with Crippen molar-refractivity contribution >= 4 is 0 Å². The first-order valence-electron chi connectivity index (χ1n) is 4.82. The molecule has 78 valence electrons. The topological polar surface area (TPSA) is 46.3 Å². The molecule has 0 saturated heterocycles. The lowest BCUT2D eigenvalue weighted by molar-refractivity contribution is 0.335. The van der Waals surface area contributed by atoms with E-state index in [1.165, 1.54) is 0 Å². The SMILES string of the molecule is CC(C)(c1ccno1)c1ccccc1O. The molecule has 0 bridgehead atoms. The summed E-state index contributed by atoms with van der Waals surface area (Å²) in [5, 5.41) is 13.5. The molecule has 0 unspecified atom stereocenters. The molecule has 0 atom stereocenters. The molecule has 2 rings (SSSR count). The van der Waals surface area contributed by atoms with Gasteiger partial charge >= 0.3 is 0 Å². The summed E-state index contributed by atoms with van der Waals surface area (Å²) in [5.41, 5.74) is 0.462. The Kier molecular flexibility index (Phi) is 2.23. The first-order valence-corrected chi connectivity index (χ1v) is 4.82. The van der Waals surface area contributed by atoms with Crippen molar-refractivity contribution in [3.05, 3.63) is 47.9 Å². The lowest BCUT2D eigenvalue weighted by Crippen LogP contribution is -2.18. The van der Waals surface area contributed by atoms with E-state index in [9.17, 15) is 5.11 Å². The normalized spacial score (nSPS) is 11.6. The molecular weight excluding hydrogens is 190 g/mol. The number of hydrogen-bond donors (Lipinski definition) is 1. The molecule has 1 heterocycles. The minimum atomic E-state index is -0.373. The van der Waals surface area contributed by atoms with Crippen LogP contribution in [-0.2, 0) is 5.41 Å². The summed E-state index contributed by atoms with van der Waals surface area (Å²) in [7, 11) is 0. The molecule has 3 heteroatoms. The fourth-order valence-corrected chi connectivity index (χ4v) is 1.67. The van der Waals surface area contributed by atoms with Crippen LogP contribution in [0, 0.1) is 0 Å². The molecule has 0 saturated carbocycles. The number of para-hydroxylation sites is 1. The van der Waals surface area contributed by atoms with Gasteiger partial charge in [-0.2, -0.15) is 0 Å². The van der Waals surface area contributed by atoms with Gasteiger partial charge in [0.25, 0.3) is 0 Å². The quantitative estimate of drug-likeness (QED) is 0.816. The van der Waals surface area contributed by atoms with Crippen molar-refractivity contribution in [2.45, 2.75) is 19.3 Å². The van der Waals surface area contributed by atoms with Crippen LogP contribution in [0.1, 0.15) is 25.2 Å². The Morgan fingerprint density at radius 2 is 1.93 bits per heavy atom. The number of hydrogen-bond acceptors (Lipinski definition) is 3. The van der Waals surface area contributed by atoms with Crippen LogP contribution in [0.25, 0.3) is 0 Å². The average Bonchev–Trinajstić information content (AvgIpc) is 2.71. The van der Waals surface area contributed by atoms with Crippen molar-refractivity contribution in [2.75, 3.05) is 0 Å². The minimum absolute atomic E-state index is 0.277. The summed E-state index contributed by atoms with van der Waals surface area (Å²) < 4.78 is 5.15. The Labute approximate surface area is 88.3 Å². The molecule has 0 spiro atoms. The predicted molar refractivity (Wildman–Crippen MR) is 56.7 cm³/mol. The number of aromatic hydroxyl groups is 1. The molecule has 2 aromatic rings. The first kappa shape index (κ1) is 9.77. The van der Waals surface area contributed by atoms with Crippen molar-refractivity contribution in [3.8, 4) is 5.75 Å². The maximum atomic E-state index is 9.78. The Balaban J connectivity index is 2.51. The summed E-state index contributed by atoms with van der Waals surface area (Å²) in [6, 6.07) is 9.07. The molecule has 0 aliphatic heterocycles. The van der Waals surface area contributed by atoms with E-state index < -0.39 is 0 Å². The zero-order valence-electron chi connectivity index (χ0n) is 8.77. The zero-order valence-corrected chi connectivity index (χ0v) is 8.77. The molecule has 1 aromatic carbocycles. The second kappa shape index (κ2) is 3.42. The molecule has 3 nitrogen and oxygen atoms in total. The highest BCUT2D eigenvalue weighted by atomic mass is 16.5. The van der Waals surface area contributed by atoms with Gasteiger partial charge in [-0.25, -0.2) is 0 Å². The summed E-state index contributed by atoms with van der Waals surface area (Å²) in [6.07, 6.45) is 1.61. The molecule has 0 fully saturated rings. The zero-order chi connectivity index (χ0) is 10.9. The van der Waals surface area contributed by atoms with Crippen LogP contribution in [-0.4, -0.2) is 10.3 Å². The second-order valence-electron chi connectivity index (χ2n) is 4.02. The van der Waals surface area contributed by atoms with E-state index in [0.717, 1.165) is 11.3 Å².